The van der Waals surface area contributed by atoms with Crippen molar-refractivity contribution >= 4 is 11.6 Å². The predicted octanol–water partition coefficient (Wildman–Crippen LogP) is 3.19. The predicted molar refractivity (Wildman–Crippen MR) is 110 cm³/mol. The SMILES string of the molecule is CCc1c(C(=O)Nc2cccc(-c3nnnn3C)c2)cnn1-c1ccc(C)cc1. The molecular weight excluding hydrogens is 366 g/mol. The second-order valence-corrected chi connectivity index (χ2v) is 6.77. The minimum Gasteiger partial charge on any atom is -0.322 e. The molecule has 0 aliphatic heterocycles. The van der Waals surface area contributed by atoms with E-state index in [4.69, 9.17) is 0 Å². The number of hydrogen-bond donors (Lipinski definition) is 1. The van der Waals surface area contributed by atoms with E-state index in [1.54, 1.807) is 17.9 Å². The van der Waals surface area contributed by atoms with Crippen molar-refractivity contribution < 1.29 is 4.79 Å². The van der Waals surface area contributed by atoms with Gasteiger partial charge in [0.05, 0.1) is 23.1 Å². The van der Waals surface area contributed by atoms with Crippen LogP contribution < -0.4 is 5.32 Å². The Balaban J connectivity index is 1.61. The number of aromatic nitrogens is 6. The second kappa shape index (κ2) is 7.67. The van der Waals surface area contributed by atoms with E-state index in [1.807, 2.05) is 67.1 Å². The summed E-state index contributed by atoms with van der Waals surface area (Å²) in [6, 6.07) is 15.5. The van der Waals surface area contributed by atoms with Crippen molar-refractivity contribution in [3.8, 4) is 17.1 Å². The Hall–Kier alpha value is -3.81. The molecule has 8 heteroatoms. The highest BCUT2D eigenvalue weighted by molar-refractivity contribution is 6.05. The largest absolute Gasteiger partial charge is 0.322 e. The molecule has 0 aliphatic rings. The zero-order valence-corrected chi connectivity index (χ0v) is 16.5. The molecule has 0 fully saturated rings. The average molecular weight is 387 g/mol. The first-order valence-corrected chi connectivity index (χ1v) is 9.35. The fourth-order valence-corrected chi connectivity index (χ4v) is 3.22. The highest BCUT2D eigenvalue weighted by Gasteiger charge is 2.18. The van der Waals surface area contributed by atoms with E-state index in [9.17, 15) is 4.79 Å². The molecule has 146 valence electrons. The highest BCUT2D eigenvalue weighted by Crippen LogP contribution is 2.22. The van der Waals surface area contributed by atoms with Crippen LogP contribution in [0.25, 0.3) is 17.1 Å². The summed E-state index contributed by atoms with van der Waals surface area (Å²) in [6.45, 7) is 4.05. The van der Waals surface area contributed by atoms with E-state index in [-0.39, 0.29) is 5.91 Å². The molecule has 0 saturated heterocycles. The van der Waals surface area contributed by atoms with E-state index < -0.39 is 0 Å². The van der Waals surface area contributed by atoms with Crippen LogP contribution in [0, 0.1) is 6.92 Å². The van der Waals surface area contributed by atoms with Crippen molar-refractivity contribution in [3.63, 3.8) is 0 Å². The van der Waals surface area contributed by atoms with Crippen LogP contribution >= 0.6 is 0 Å². The van der Waals surface area contributed by atoms with Gasteiger partial charge in [-0.15, -0.1) is 5.10 Å². The topological polar surface area (TPSA) is 90.5 Å². The van der Waals surface area contributed by atoms with Crippen LogP contribution in [0.4, 0.5) is 5.69 Å². The lowest BCUT2D eigenvalue weighted by Crippen LogP contribution is -2.14. The average Bonchev–Trinajstić information content (AvgIpc) is 3.35. The summed E-state index contributed by atoms with van der Waals surface area (Å²) in [5.74, 6) is 0.427. The molecular formula is C21H21N7O. The number of amides is 1. The van der Waals surface area contributed by atoms with E-state index in [0.29, 0.717) is 23.5 Å². The molecule has 8 nitrogen and oxygen atoms in total. The molecule has 0 unspecified atom stereocenters. The fourth-order valence-electron chi connectivity index (χ4n) is 3.22. The number of anilines is 1. The lowest BCUT2D eigenvalue weighted by atomic mass is 10.1. The Morgan fingerprint density at radius 2 is 1.93 bits per heavy atom. The molecule has 0 aliphatic carbocycles. The zero-order valence-electron chi connectivity index (χ0n) is 16.5. The maximum Gasteiger partial charge on any atom is 0.259 e. The number of aryl methyl sites for hydroxylation is 2. The lowest BCUT2D eigenvalue weighted by Gasteiger charge is -2.09. The van der Waals surface area contributed by atoms with Crippen LogP contribution in [-0.2, 0) is 13.5 Å². The molecule has 4 rings (SSSR count). The molecule has 1 amide bonds. The number of tetrazole rings is 1. The first-order chi connectivity index (χ1) is 14.1. The second-order valence-electron chi connectivity index (χ2n) is 6.77. The molecule has 1 N–H and O–H groups in total. The number of benzene rings is 2. The van der Waals surface area contributed by atoms with Crippen LogP contribution in [0.2, 0.25) is 0 Å². The Morgan fingerprint density at radius 3 is 2.62 bits per heavy atom. The number of carbonyl (C=O) groups is 1. The van der Waals surface area contributed by atoms with Crippen LogP contribution in [0.5, 0.6) is 0 Å². The van der Waals surface area contributed by atoms with E-state index in [0.717, 1.165) is 16.9 Å². The van der Waals surface area contributed by atoms with Gasteiger partial charge in [0.15, 0.2) is 5.82 Å². The molecule has 2 aromatic heterocycles. The van der Waals surface area contributed by atoms with Gasteiger partial charge in [-0.1, -0.05) is 36.8 Å². The quantitative estimate of drug-likeness (QED) is 0.568. The van der Waals surface area contributed by atoms with Gasteiger partial charge < -0.3 is 5.32 Å². The van der Waals surface area contributed by atoms with Crippen molar-refractivity contribution in [3.05, 3.63) is 71.5 Å². The van der Waals surface area contributed by atoms with Crippen LogP contribution in [0.15, 0.2) is 54.7 Å². The summed E-state index contributed by atoms with van der Waals surface area (Å²) in [5, 5.41) is 18.9. The van der Waals surface area contributed by atoms with Crippen molar-refractivity contribution in [1.29, 1.82) is 0 Å². The Bertz CT molecular complexity index is 1160. The minimum absolute atomic E-state index is 0.201. The number of hydrogen-bond acceptors (Lipinski definition) is 5. The Labute approximate surface area is 168 Å². The van der Waals surface area contributed by atoms with Gasteiger partial charge in [-0.2, -0.15) is 5.10 Å². The van der Waals surface area contributed by atoms with Crippen molar-refractivity contribution in [2.75, 3.05) is 5.32 Å². The fraction of sp³-hybridized carbons (Fsp3) is 0.190. The Kier molecular flexibility index (Phi) is 4.90. The minimum atomic E-state index is -0.201. The van der Waals surface area contributed by atoms with Crippen LogP contribution in [0.3, 0.4) is 0 Å². The third-order valence-electron chi connectivity index (χ3n) is 4.73. The number of nitrogens with one attached hydrogen (secondary N) is 1. The number of rotatable bonds is 5. The first kappa shape index (κ1) is 18.5. The van der Waals surface area contributed by atoms with Crippen molar-refractivity contribution in [2.45, 2.75) is 20.3 Å². The summed E-state index contributed by atoms with van der Waals surface area (Å²) in [4.78, 5) is 12.9. The molecule has 4 aromatic rings. The maximum atomic E-state index is 12.9. The van der Waals surface area contributed by atoms with Crippen molar-refractivity contribution in [2.24, 2.45) is 7.05 Å². The lowest BCUT2D eigenvalue weighted by molar-refractivity contribution is 0.102. The van der Waals surface area contributed by atoms with Gasteiger partial charge in [0, 0.05) is 18.3 Å². The van der Waals surface area contributed by atoms with Gasteiger partial charge >= 0.3 is 0 Å². The first-order valence-electron chi connectivity index (χ1n) is 9.35. The summed E-state index contributed by atoms with van der Waals surface area (Å²) < 4.78 is 3.40. The summed E-state index contributed by atoms with van der Waals surface area (Å²) in [7, 11) is 1.77. The summed E-state index contributed by atoms with van der Waals surface area (Å²) in [5.41, 5.74) is 5.01. The van der Waals surface area contributed by atoms with Gasteiger partial charge in [-0.3, -0.25) is 4.79 Å². The molecule has 0 atom stereocenters. The van der Waals surface area contributed by atoms with Gasteiger partial charge in [0.25, 0.3) is 5.91 Å². The normalized spacial score (nSPS) is 10.9. The Morgan fingerprint density at radius 1 is 1.14 bits per heavy atom. The molecule has 0 bridgehead atoms. The standard InChI is InChI=1S/C21H21N7O/c1-4-19-18(13-22-28(19)17-10-8-14(2)9-11-17)21(29)23-16-7-5-6-15(12-16)20-24-25-26-27(20)3/h5-13H,4H2,1-3H3,(H,23,29). The monoisotopic (exact) mass is 387 g/mol. The van der Waals surface area contributed by atoms with Gasteiger partial charge in [-0.05, 0) is 48.0 Å². The molecule has 0 radical (unpaired) electrons. The molecule has 2 heterocycles. The smallest absolute Gasteiger partial charge is 0.259 e. The maximum absolute atomic E-state index is 12.9. The number of nitrogens with zero attached hydrogens (tertiary/aromatic N) is 6. The van der Waals surface area contributed by atoms with E-state index in [1.165, 1.54) is 5.56 Å². The molecule has 29 heavy (non-hydrogen) atoms. The highest BCUT2D eigenvalue weighted by atomic mass is 16.1. The van der Waals surface area contributed by atoms with E-state index in [2.05, 4.69) is 25.9 Å². The van der Waals surface area contributed by atoms with Crippen molar-refractivity contribution in [1.82, 2.24) is 30.0 Å². The third kappa shape index (κ3) is 3.64. The molecule has 2 aromatic carbocycles. The number of carbonyl (C=O) groups excluding carboxylic acids is 1. The molecule has 0 saturated carbocycles. The van der Waals surface area contributed by atoms with Gasteiger partial charge in [0.1, 0.15) is 0 Å². The van der Waals surface area contributed by atoms with Crippen LogP contribution in [-0.4, -0.2) is 35.9 Å². The molecule has 0 spiro atoms. The zero-order chi connectivity index (χ0) is 20.4. The summed E-state index contributed by atoms with van der Waals surface area (Å²) >= 11 is 0. The van der Waals surface area contributed by atoms with Gasteiger partial charge in [0.2, 0.25) is 0 Å². The van der Waals surface area contributed by atoms with Gasteiger partial charge in [-0.25, -0.2) is 9.36 Å². The summed E-state index contributed by atoms with van der Waals surface area (Å²) in [6.07, 6.45) is 2.30. The van der Waals surface area contributed by atoms with Crippen LogP contribution in [0.1, 0.15) is 28.5 Å². The third-order valence-corrected chi connectivity index (χ3v) is 4.73. The van der Waals surface area contributed by atoms with E-state index >= 15 is 0 Å².